The number of hydrogen-bond acceptors (Lipinski definition) is 4. The molecule has 0 atom stereocenters. The van der Waals surface area contributed by atoms with E-state index in [0.717, 1.165) is 5.56 Å². The minimum Gasteiger partial charge on any atom is -0.382 e. The molecule has 0 aliphatic rings. The maximum absolute atomic E-state index is 13.1. The third kappa shape index (κ3) is 6.06. The van der Waals surface area contributed by atoms with Crippen LogP contribution in [0, 0.1) is 11.7 Å². The second-order valence-corrected chi connectivity index (χ2v) is 8.37. The molecule has 0 aliphatic carbocycles. The Morgan fingerprint density at radius 1 is 1.07 bits per heavy atom. The van der Waals surface area contributed by atoms with Crippen LogP contribution >= 0.6 is 0 Å². The Bertz CT molecular complexity index is 879. The van der Waals surface area contributed by atoms with Gasteiger partial charge in [-0.3, -0.25) is 4.79 Å². The van der Waals surface area contributed by atoms with Gasteiger partial charge in [0, 0.05) is 24.6 Å². The first-order chi connectivity index (χ1) is 12.7. The highest BCUT2D eigenvalue weighted by Crippen LogP contribution is 2.23. The van der Waals surface area contributed by atoms with Gasteiger partial charge in [0.15, 0.2) is 0 Å². The van der Waals surface area contributed by atoms with Crippen molar-refractivity contribution < 1.29 is 21.8 Å². The molecule has 2 rings (SSSR count). The Morgan fingerprint density at radius 2 is 1.70 bits per heavy atom. The minimum atomic E-state index is -3.68. The van der Waals surface area contributed by atoms with Crippen LogP contribution < -0.4 is 4.18 Å². The van der Waals surface area contributed by atoms with Crippen molar-refractivity contribution in [3.8, 4) is 5.75 Å². The normalized spacial score (nSPS) is 11.4. The fourth-order valence-corrected chi connectivity index (χ4v) is 3.06. The van der Waals surface area contributed by atoms with E-state index in [1.165, 1.54) is 19.1 Å². The lowest BCUT2D eigenvalue weighted by Crippen LogP contribution is -2.33. The summed E-state index contributed by atoms with van der Waals surface area (Å²) in [5.41, 5.74) is 1.37. The Morgan fingerprint density at radius 3 is 2.30 bits per heavy atom. The van der Waals surface area contributed by atoms with Gasteiger partial charge >= 0.3 is 10.1 Å². The highest BCUT2D eigenvalue weighted by atomic mass is 32.2. The molecule has 0 radical (unpaired) electrons. The zero-order valence-electron chi connectivity index (χ0n) is 15.7. The fourth-order valence-electron chi connectivity index (χ4n) is 2.50. The van der Waals surface area contributed by atoms with Crippen LogP contribution in [0.4, 0.5) is 4.39 Å². The molecule has 0 saturated carbocycles. The van der Waals surface area contributed by atoms with Crippen LogP contribution in [0.15, 0.2) is 48.5 Å². The molecule has 0 aliphatic heterocycles. The Balaban J connectivity index is 2.30. The van der Waals surface area contributed by atoms with Crippen molar-refractivity contribution in [2.24, 2.45) is 5.92 Å². The van der Waals surface area contributed by atoms with Crippen LogP contribution in [-0.4, -0.2) is 25.0 Å². The molecule has 2 aromatic rings. The van der Waals surface area contributed by atoms with Crippen LogP contribution in [0.5, 0.6) is 5.75 Å². The molecule has 1 amide bonds. The average molecular weight is 393 g/mol. The molecule has 0 N–H and O–H groups in total. The van der Waals surface area contributed by atoms with Crippen molar-refractivity contribution in [3.63, 3.8) is 0 Å². The average Bonchev–Trinajstić information content (AvgIpc) is 2.63. The van der Waals surface area contributed by atoms with Gasteiger partial charge < -0.3 is 9.08 Å². The van der Waals surface area contributed by atoms with E-state index in [4.69, 9.17) is 4.18 Å². The van der Waals surface area contributed by atoms with Gasteiger partial charge in [0.2, 0.25) is 5.91 Å². The lowest BCUT2D eigenvalue weighted by Gasteiger charge is -2.26. The molecule has 0 fully saturated rings. The van der Waals surface area contributed by atoms with Gasteiger partial charge in [-0.05, 0) is 30.7 Å². The second-order valence-electron chi connectivity index (χ2n) is 6.51. The summed E-state index contributed by atoms with van der Waals surface area (Å²) < 4.78 is 42.0. The summed E-state index contributed by atoms with van der Waals surface area (Å²) in [5, 5.41) is 0. The van der Waals surface area contributed by atoms with Crippen LogP contribution in [0.2, 0.25) is 0 Å². The molecule has 0 saturated heterocycles. The summed E-state index contributed by atoms with van der Waals surface area (Å²) in [6.07, 6.45) is 0. The molecule has 0 heterocycles. The molecule has 0 bridgehead atoms. The van der Waals surface area contributed by atoms with Gasteiger partial charge in [-0.2, -0.15) is 8.42 Å². The van der Waals surface area contributed by atoms with E-state index >= 15 is 0 Å². The summed E-state index contributed by atoms with van der Waals surface area (Å²) >= 11 is 0. The molecule has 5 nitrogen and oxygen atoms in total. The molecule has 146 valence electrons. The quantitative estimate of drug-likeness (QED) is 0.641. The van der Waals surface area contributed by atoms with E-state index in [-0.39, 0.29) is 42.2 Å². The van der Waals surface area contributed by atoms with E-state index < -0.39 is 10.1 Å². The monoisotopic (exact) mass is 393 g/mol. The maximum Gasteiger partial charge on any atom is 0.308 e. The van der Waals surface area contributed by atoms with Crippen LogP contribution in [-0.2, 0) is 28.0 Å². The summed E-state index contributed by atoms with van der Waals surface area (Å²) in [4.78, 5) is 14.3. The minimum absolute atomic E-state index is 0.0903. The van der Waals surface area contributed by atoms with E-state index in [1.54, 1.807) is 55.1 Å². The molecule has 0 spiro atoms. The van der Waals surface area contributed by atoms with Crippen molar-refractivity contribution >= 4 is 16.0 Å². The molecule has 0 aromatic heterocycles. The summed E-state index contributed by atoms with van der Waals surface area (Å²) in [5.74, 6) is -0.611. The number of nitrogens with zero attached hydrogens (tertiary/aromatic N) is 1. The van der Waals surface area contributed by atoms with Crippen LogP contribution in [0.3, 0.4) is 0 Å². The Hall–Kier alpha value is -2.41. The SMILES string of the molecule is CCS(=O)(=O)Oc1ccccc1CN(Cc1ccc(F)cc1)C(=O)C(C)C. The van der Waals surface area contributed by atoms with E-state index in [0.29, 0.717) is 5.56 Å². The number of carbonyl (C=O) groups is 1. The van der Waals surface area contributed by atoms with Crippen LogP contribution in [0.25, 0.3) is 0 Å². The van der Waals surface area contributed by atoms with E-state index in [1.807, 2.05) is 0 Å². The number of para-hydroxylation sites is 1. The molecular formula is C20H24FNO4S. The molecular weight excluding hydrogens is 369 g/mol. The zero-order chi connectivity index (χ0) is 20.0. The molecule has 7 heteroatoms. The predicted molar refractivity (Wildman–Crippen MR) is 102 cm³/mol. The number of rotatable bonds is 8. The summed E-state index contributed by atoms with van der Waals surface area (Å²) in [7, 11) is -3.68. The smallest absolute Gasteiger partial charge is 0.308 e. The third-order valence-corrected chi connectivity index (χ3v) is 5.14. The molecule has 27 heavy (non-hydrogen) atoms. The number of halogens is 1. The van der Waals surface area contributed by atoms with Crippen molar-refractivity contribution in [1.29, 1.82) is 0 Å². The second kappa shape index (κ2) is 8.99. The number of amides is 1. The van der Waals surface area contributed by atoms with Crippen molar-refractivity contribution in [1.82, 2.24) is 4.90 Å². The van der Waals surface area contributed by atoms with Gasteiger partial charge in [0.1, 0.15) is 11.6 Å². The lowest BCUT2D eigenvalue weighted by molar-refractivity contribution is -0.135. The van der Waals surface area contributed by atoms with E-state index in [9.17, 15) is 17.6 Å². The number of benzene rings is 2. The van der Waals surface area contributed by atoms with Crippen molar-refractivity contribution in [2.45, 2.75) is 33.9 Å². The molecule has 2 aromatic carbocycles. The van der Waals surface area contributed by atoms with Crippen LogP contribution in [0.1, 0.15) is 31.9 Å². The topological polar surface area (TPSA) is 63.7 Å². The zero-order valence-corrected chi connectivity index (χ0v) is 16.5. The third-order valence-electron chi connectivity index (χ3n) is 4.00. The largest absolute Gasteiger partial charge is 0.382 e. The Labute approximate surface area is 159 Å². The standard InChI is InChI=1S/C20H24FNO4S/c1-4-27(24,25)26-19-8-6-5-7-17(19)14-22(20(23)15(2)3)13-16-9-11-18(21)12-10-16/h5-12,15H,4,13-14H2,1-3H3. The van der Waals surface area contributed by atoms with Crippen molar-refractivity contribution in [3.05, 3.63) is 65.5 Å². The van der Waals surface area contributed by atoms with Gasteiger partial charge in [0.25, 0.3) is 0 Å². The van der Waals surface area contributed by atoms with Gasteiger partial charge in [0.05, 0.1) is 5.75 Å². The lowest BCUT2D eigenvalue weighted by atomic mass is 10.1. The number of carbonyl (C=O) groups excluding carboxylic acids is 1. The first kappa shape index (κ1) is 20.9. The first-order valence-corrected chi connectivity index (χ1v) is 10.3. The Kier molecular flexibility index (Phi) is 6.96. The maximum atomic E-state index is 13.1. The summed E-state index contributed by atoms with van der Waals surface area (Å²) in [6, 6.07) is 12.7. The fraction of sp³-hybridized carbons (Fsp3) is 0.350. The molecule has 0 unspecified atom stereocenters. The van der Waals surface area contributed by atoms with Gasteiger partial charge in [-0.15, -0.1) is 0 Å². The van der Waals surface area contributed by atoms with Gasteiger partial charge in [-0.25, -0.2) is 4.39 Å². The van der Waals surface area contributed by atoms with Crippen molar-refractivity contribution in [2.75, 3.05) is 5.75 Å². The predicted octanol–water partition coefficient (Wildman–Crippen LogP) is 3.74. The van der Waals surface area contributed by atoms with E-state index in [2.05, 4.69) is 0 Å². The summed E-state index contributed by atoms with van der Waals surface area (Å²) in [6.45, 7) is 5.56. The number of hydrogen-bond donors (Lipinski definition) is 0. The highest BCUT2D eigenvalue weighted by Gasteiger charge is 2.21. The first-order valence-electron chi connectivity index (χ1n) is 8.75. The highest BCUT2D eigenvalue weighted by molar-refractivity contribution is 7.87. The van der Waals surface area contributed by atoms with Gasteiger partial charge in [-0.1, -0.05) is 44.2 Å².